The molecule has 7 heteroatoms. The maximum Gasteiger partial charge on any atom is 0.253 e. The number of rotatable bonds is 5. The Labute approximate surface area is 180 Å². The lowest BCUT2D eigenvalue weighted by Gasteiger charge is -2.34. The molecule has 1 amide bonds. The van der Waals surface area contributed by atoms with Gasteiger partial charge in [-0.05, 0) is 35.9 Å². The molecule has 1 aliphatic heterocycles. The number of benzene rings is 2. The van der Waals surface area contributed by atoms with Crippen molar-refractivity contribution < 1.29 is 13.9 Å². The maximum absolute atomic E-state index is 12.6. The molecule has 31 heavy (non-hydrogen) atoms. The highest BCUT2D eigenvalue weighted by Crippen LogP contribution is 2.25. The smallest absolute Gasteiger partial charge is 0.253 e. The standard InChI is InChI=1S/C24H22N4O3/c1-30-20-10-7-18(8-11-20)9-12-22-26-21(17-25)24(31-22)28-15-13-27(14-16-28)23(29)19-5-3-2-4-6-19/h2-12H,13-16H2,1H3. The molecule has 0 bridgehead atoms. The molecule has 7 nitrogen and oxygen atoms in total. The van der Waals surface area contributed by atoms with Crippen LogP contribution in [0.2, 0.25) is 0 Å². The second kappa shape index (κ2) is 9.18. The molecule has 0 unspecified atom stereocenters. The van der Waals surface area contributed by atoms with Gasteiger partial charge in [-0.2, -0.15) is 10.2 Å². The van der Waals surface area contributed by atoms with E-state index in [1.54, 1.807) is 13.2 Å². The molecule has 0 radical (unpaired) electrons. The lowest BCUT2D eigenvalue weighted by atomic mass is 10.2. The summed E-state index contributed by atoms with van der Waals surface area (Å²) in [4.78, 5) is 20.7. The monoisotopic (exact) mass is 414 g/mol. The number of hydrogen-bond acceptors (Lipinski definition) is 6. The minimum atomic E-state index is 0.0152. The number of aromatic nitrogens is 1. The second-order valence-electron chi connectivity index (χ2n) is 7.07. The van der Waals surface area contributed by atoms with Gasteiger partial charge in [-0.15, -0.1) is 0 Å². The predicted molar refractivity (Wildman–Crippen MR) is 118 cm³/mol. The Hall–Kier alpha value is -4.05. The molecule has 1 saturated heterocycles. The molecule has 0 saturated carbocycles. The number of ether oxygens (including phenoxy) is 1. The Morgan fingerprint density at radius 2 is 1.77 bits per heavy atom. The molecule has 1 aromatic heterocycles. The largest absolute Gasteiger partial charge is 0.497 e. The fourth-order valence-corrected chi connectivity index (χ4v) is 3.45. The number of oxazole rings is 1. The van der Waals surface area contributed by atoms with Gasteiger partial charge >= 0.3 is 0 Å². The van der Waals surface area contributed by atoms with Gasteiger partial charge in [0.2, 0.25) is 17.5 Å². The summed E-state index contributed by atoms with van der Waals surface area (Å²) in [5.41, 5.74) is 1.89. The van der Waals surface area contributed by atoms with Crippen molar-refractivity contribution in [3.05, 3.63) is 77.3 Å². The molecule has 0 spiro atoms. The van der Waals surface area contributed by atoms with Crippen LogP contribution in [0.15, 0.2) is 59.0 Å². The Balaban J connectivity index is 1.43. The van der Waals surface area contributed by atoms with Gasteiger partial charge in [0.1, 0.15) is 11.8 Å². The van der Waals surface area contributed by atoms with Crippen molar-refractivity contribution in [3.8, 4) is 11.8 Å². The number of anilines is 1. The molecular formula is C24H22N4O3. The van der Waals surface area contributed by atoms with E-state index in [9.17, 15) is 10.1 Å². The van der Waals surface area contributed by atoms with Gasteiger partial charge in [-0.3, -0.25) is 4.79 Å². The number of hydrogen-bond donors (Lipinski definition) is 0. The van der Waals surface area contributed by atoms with E-state index < -0.39 is 0 Å². The Kier molecular flexibility index (Phi) is 5.99. The number of carbonyl (C=O) groups excluding carboxylic acids is 1. The van der Waals surface area contributed by atoms with Crippen molar-refractivity contribution in [1.29, 1.82) is 5.26 Å². The normalized spacial score (nSPS) is 13.9. The molecule has 4 rings (SSSR count). The highest BCUT2D eigenvalue weighted by molar-refractivity contribution is 5.94. The predicted octanol–water partition coefficient (Wildman–Crippen LogP) is 3.69. The minimum absolute atomic E-state index is 0.0152. The molecule has 2 heterocycles. The van der Waals surface area contributed by atoms with Crippen LogP contribution in [0.4, 0.5) is 5.88 Å². The van der Waals surface area contributed by atoms with E-state index in [-0.39, 0.29) is 11.6 Å². The molecular weight excluding hydrogens is 392 g/mol. The third-order valence-electron chi connectivity index (χ3n) is 5.14. The first-order chi connectivity index (χ1) is 15.2. The number of carbonyl (C=O) groups is 1. The van der Waals surface area contributed by atoms with Crippen LogP contribution in [0.1, 0.15) is 27.5 Å². The van der Waals surface area contributed by atoms with Crippen molar-refractivity contribution in [2.45, 2.75) is 0 Å². The maximum atomic E-state index is 12.6. The quantitative estimate of drug-likeness (QED) is 0.633. The van der Waals surface area contributed by atoms with E-state index in [0.717, 1.165) is 11.3 Å². The van der Waals surface area contributed by atoms with Gasteiger partial charge < -0.3 is 19.0 Å². The fourth-order valence-electron chi connectivity index (χ4n) is 3.45. The topological polar surface area (TPSA) is 82.6 Å². The first-order valence-corrected chi connectivity index (χ1v) is 10.0. The average molecular weight is 414 g/mol. The third kappa shape index (κ3) is 4.59. The minimum Gasteiger partial charge on any atom is -0.497 e. The van der Waals surface area contributed by atoms with Gasteiger partial charge in [-0.25, -0.2) is 0 Å². The lowest BCUT2D eigenvalue weighted by Crippen LogP contribution is -2.48. The van der Waals surface area contributed by atoms with Crippen LogP contribution in [0.3, 0.4) is 0 Å². The summed E-state index contributed by atoms with van der Waals surface area (Å²) in [6.07, 6.45) is 3.61. The average Bonchev–Trinajstić information content (AvgIpc) is 3.26. The zero-order valence-corrected chi connectivity index (χ0v) is 17.2. The summed E-state index contributed by atoms with van der Waals surface area (Å²) in [6.45, 7) is 2.25. The van der Waals surface area contributed by atoms with Gasteiger partial charge in [0.15, 0.2) is 0 Å². The van der Waals surface area contributed by atoms with Gasteiger partial charge in [0.25, 0.3) is 5.91 Å². The van der Waals surface area contributed by atoms with Crippen LogP contribution in [0, 0.1) is 11.3 Å². The van der Waals surface area contributed by atoms with Crippen molar-refractivity contribution in [1.82, 2.24) is 9.88 Å². The van der Waals surface area contributed by atoms with Gasteiger partial charge in [-0.1, -0.05) is 30.3 Å². The highest BCUT2D eigenvalue weighted by atomic mass is 16.5. The summed E-state index contributed by atoms with van der Waals surface area (Å²) in [7, 11) is 1.62. The molecule has 0 N–H and O–H groups in total. The van der Waals surface area contributed by atoms with Crippen LogP contribution in [0.25, 0.3) is 12.2 Å². The molecule has 0 atom stereocenters. The molecule has 1 fully saturated rings. The summed E-state index contributed by atoms with van der Waals surface area (Å²) in [5, 5.41) is 9.49. The third-order valence-corrected chi connectivity index (χ3v) is 5.14. The van der Waals surface area contributed by atoms with Gasteiger partial charge in [0.05, 0.1) is 7.11 Å². The van der Waals surface area contributed by atoms with E-state index in [1.165, 1.54) is 0 Å². The zero-order valence-electron chi connectivity index (χ0n) is 17.2. The number of nitrogens with zero attached hydrogens (tertiary/aromatic N) is 4. The first-order valence-electron chi connectivity index (χ1n) is 10.0. The van der Waals surface area contributed by atoms with E-state index >= 15 is 0 Å². The summed E-state index contributed by atoms with van der Waals surface area (Å²) in [6, 6.07) is 19.0. The lowest BCUT2D eigenvalue weighted by molar-refractivity contribution is 0.0745. The zero-order chi connectivity index (χ0) is 21.6. The van der Waals surface area contributed by atoms with Crippen molar-refractivity contribution in [2.24, 2.45) is 0 Å². The van der Waals surface area contributed by atoms with E-state index in [0.29, 0.717) is 43.5 Å². The van der Waals surface area contributed by atoms with Crippen molar-refractivity contribution >= 4 is 23.9 Å². The van der Waals surface area contributed by atoms with Gasteiger partial charge in [0, 0.05) is 37.8 Å². The molecule has 156 valence electrons. The number of methoxy groups -OCH3 is 1. The summed E-state index contributed by atoms with van der Waals surface area (Å²) < 4.78 is 11.0. The molecule has 1 aliphatic rings. The van der Waals surface area contributed by atoms with E-state index in [1.807, 2.05) is 70.5 Å². The van der Waals surface area contributed by atoms with Crippen LogP contribution >= 0.6 is 0 Å². The molecule has 3 aromatic rings. The number of piperazine rings is 1. The van der Waals surface area contributed by atoms with E-state index in [4.69, 9.17) is 9.15 Å². The molecule has 2 aromatic carbocycles. The second-order valence-corrected chi connectivity index (χ2v) is 7.07. The SMILES string of the molecule is COc1ccc(C=Cc2nc(C#N)c(N3CCN(C(=O)c4ccccc4)CC3)o2)cc1. The number of amides is 1. The van der Waals surface area contributed by atoms with E-state index in [2.05, 4.69) is 11.1 Å². The highest BCUT2D eigenvalue weighted by Gasteiger charge is 2.26. The summed E-state index contributed by atoms with van der Waals surface area (Å²) >= 11 is 0. The Bertz CT molecular complexity index is 1110. The Morgan fingerprint density at radius 1 is 1.06 bits per heavy atom. The van der Waals surface area contributed by atoms with Crippen molar-refractivity contribution in [3.63, 3.8) is 0 Å². The molecule has 0 aliphatic carbocycles. The van der Waals surface area contributed by atoms with Crippen LogP contribution < -0.4 is 9.64 Å². The van der Waals surface area contributed by atoms with Crippen LogP contribution in [-0.4, -0.2) is 49.1 Å². The van der Waals surface area contributed by atoms with Crippen LogP contribution in [0.5, 0.6) is 5.75 Å². The van der Waals surface area contributed by atoms with Crippen molar-refractivity contribution in [2.75, 3.05) is 38.2 Å². The Morgan fingerprint density at radius 3 is 2.42 bits per heavy atom. The number of nitriles is 1. The van der Waals surface area contributed by atoms with Crippen LogP contribution in [-0.2, 0) is 0 Å². The fraction of sp³-hybridized carbons (Fsp3) is 0.208. The first kappa shape index (κ1) is 20.2. The summed E-state index contributed by atoms with van der Waals surface area (Å²) in [5.74, 6) is 1.61.